The molecule has 0 aromatic rings. The Hall–Kier alpha value is -0.360. The Morgan fingerprint density at radius 3 is 2.00 bits per heavy atom. The SMILES string of the molecule is CC(C)N(C(C)C)P(O)OC#N. The highest BCUT2D eigenvalue weighted by Gasteiger charge is 2.24. The fourth-order valence-corrected chi connectivity index (χ4v) is 2.03. The molecule has 0 spiro atoms. The molecule has 1 N–H and O–H groups in total. The van der Waals surface area contributed by atoms with Crippen LogP contribution in [0.2, 0.25) is 0 Å². The third kappa shape index (κ3) is 3.36. The molecule has 0 amide bonds. The van der Waals surface area contributed by atoms with E-state index in [1.54, 1.807) is 4.67 Å². The molecule has 5 heteroatoms. The van der Waals surface area contributed by atoms with Gasteiger partial charge in [0.25, 0.3) is 6.26 Å². The van der Waals surface area contributed by atoms with E-state index in [0.717, 1.165) is 0 Å². The molecule has 12 heavy (non-hydrogen) atoms. The van der Waals surface area contributed by atoms with E-state index < -0.39 is 8.53 Å². The Kier molecular flexibility index (Phi) is 5.16. The zero-order valence-corrected chi connectivity index (χ0v) is 8.75. The first-order chi connectivity index (χ1) is 5.50. The topological polar surface area (TPSA) is 56.5 Å². The van der Waals surface area contributed by atoms with E-state index in [0.29, 0.717) is 0 Å². The van der Waals surface area contributed by atoms with Crippen LogP contribution in [0.5, 0.6) is 0 Å². The molecule has 1 unspecified atom stereocenters. The maximum absolute atomic E-state index is 9.40. The van der Waals surface area contributed by atoms with Crippen LogP contribution in [0.25, 0.3) is 0 Å². The average molecular weight is 190 g/mol. The third-order valence-corrected chi connectivity index (χ3v) is 2.94. The Morgan fingerprint density at radius 2 is 1.75 bits per heavy atom. The maximum Gasteiger partial charge on any atom is 0.329 e. The molecule has 0 aromatic carbocycles. The zero-order chi connectivity index (χ0) is 9.72. The molecule has 0 saturated carbocycles. The second-order valence-corrected chi connectivity index (χ2v) is 4.15. The lowest BCUT2D eigenvalue weighted by Gasteiger charge is -2.30. The molecule has 0 aliphatic carbocycles. The van der Waals surface area contributed by atoms with Crippen molar-refractivity contribution in [2.45, 2.75) is 39.8 Å². The fourth-order valence-electron chi connectivity index (χ4n) is 1.08. The molecule has 0 aromatic heterocycles. The predicted octanol–water partition coefficient (Wildman–Crippen LogP) is 1.82. The van der Waals surface area contributed by atoms with E-state index in [1.807, 2.05) is 27.7 Å². The van der Waals surface area contributed by atoms with Gasteiger partial charge < -0.3 is 9.42 Å². The summed E-state index contributed by atoms with van der Waals surface area (Å²) in [6.07, 6.45) is 1.49. The number of hydrogen-bond donors (Lipinski definition) is 1. The maximum atomic E-state index is 9.40. The van der Waals surface area contributed by atoms with E-state index in [-0.39, 0.29) is 12.1 Å². The molecule has 0 aliphatic heterocycles. The van der Waals surface area contributed by atoms with Gasteiger partial charge in [-0.1, -0.05) is 0 Å². The van der Waals surface area contributed by atoms with E-state index in [2.05, 4.69) is 4.52 Å². The fraction of sp³-hybridized carbons (Fsp3) is 0.857. The van der Waals surface area contributed by atoms with Crippen molar-refractivity contribution in [1.82, 2.24) is 4.67 Å². The van der Waals surface area contributed by atoms with Crippen molar-refractivity contribution in [1.29, 1.82) is 5.26 Å². The minimum absolute atomic E-state index is 0.175. The lowest BCUT2D eigenvalue weighted by Crippen LogP contribution is -2.32. The molecule has 1 atom stereocenters. The van der Waals surface area contributed by atoms with E-state index >= 15 is 0 Å². The summed E-state index contributed by atoms with van der Waals surface area (Å²) in [7, 11) is -1.75. The molecular weight excluding hydrogens is 175 g/mol. The van der Waals surface area contributed by atoms with Gasteiger partial charge in [0.05, 0.1) is 0 Å². The molecule has 0 rings (SSSR count). The summed E-state index contributed by atoms with van der Waals surface area (Å²) >= 11 is 0. The van der Waals surface area contributed by atoms with Crippen LogP contribution >= 0.6 is 8.53 Å². The smallest absolute Gasteiger partial charge is 0.329 e. The Balaban J connectivity index is 4.21. The van der Waals surface area contributed by atoms with Crippen molar-refractivity contribution < 1.29 is 9.42 Å². The number of nitriles is 1. The molecule has 0 radical (unpaired) electrons. The molecule has 70 valence electrons. The molecule has 4 nitrogen and oxygen atoms in total. The Bertz CT molecular complexity index is 159. The highest BCUT2D eigenvalue weighted by molar-refractivity contribution is 7.43. The molecule has 0 aliphatic rings. The van der Waals surface area contributed by atoms with Gasteiger partial charge >= 0.3 is 8.53 Å². The largest absolute Gasteiger partial charge is 0.362 e. The first kappa shape index (κ1) is 11.6. The van der Waals surface area contributed by atoms with Gasteiger partial charge in [0.1, 0.15) is 0 Å². The minimum Gasteiger partial charge on any atom is -0.362 e. The van der Waals surface area contributed by atoms with Gasteiger partial charge in [0.2, 0.25) is 0 Å². The van der Waals surface area contributed by atoms with Crippen LogP contribution in [0, 0.1) is 11.5 Å². The second kappa shape index (κ2) is 5.31. The first-order valence-electron chi connectivity index (χ1n) is 3.84. The zero-order valence-electron chi connectivity index (χ0n) is 7.85. The van der Waals surface area contributed by atoms with E-state index in [9.17, 15) is 4.89 Å². The van der Waals surface area contributed by atoms with Gasteiger partial charge in [-0.05, 0) is 27.7 Å². The minimum atomic E-state index is -1.75. The average Bonchev–Trinajstić information content (AvgIpc) is 1.85. The lowest BCUT2D eigenvalue weighted by molar-refractivity contribution is 0.255. The van der Waals surface area contributed by atoms with Crippen molar-refractivity contribution in [2.75, 3.05) is 0 Å². The number of rotatable bonds is 4. The molecule has 0 bridgehead atoms. The monoisotopic (exact) mass is 190 g/mol. The van der Waals surface area contributed by atoms with Gasteiger partial charge in [0.15, 0.2) is 0 Å². The molecule has 0 fully saturated rings. The van der Waals surface area contributed by atoms with Crippen LogP contribution in [-0.4, -0.2) is 21.6 Å². The predicted molar refractivity (Wildman–Crippen MR) is 47.9 cm³/mol. The van der Waals surface area contributed by atoms with Crippen LogP contribution < -0.4 is 0 Å². The van der Waals surface area contributed by atoms with Crippen LogP contribution in [0.15, 0.2) is 0 Å². The Labute approximate surface area is 74.7 Å². The summed E-state index contributed by atoms with van der Waals surface area (Å²) in [6.45, 7) is 7.80. The number of nitrogens with zero attached hydrogens (tertiary/aromatic N) is 2. The van der Waals surface area contributed by atoms with Crippen LogP contribution in [0.1, 0.15) is 27.7 Å². The van der Waals surface area contributed by atoms with E-state index in [1.165, 1.54) is 6.26 Å². The molecule has 0 saturated heterocycles. The normalized spacial score (nSPS) is 13.6. The molecule has 0 heterocycles. The van der Waals surface area contributed by atoms with Crippen LogP contribution in [0.4, 0.5) is 0 Å². The summed E-state index contributed by atoms with van der Waals surface area (Å²) in [4.78, 5) is 9.40. The van der Waals surface area contributed by atoms with Crippen molar-refractivity contribution in [3.63, 3.8) is 0 Å². The quantitative estimate of drug-likeness (QED) is 0.542. The van der Waals surface area contributed by atoms with Crippen LogP contribution in [0.3, 0.4) is 0 Å². The Morgan fingerprint density at radius 1 is 1.33 bits per heavy atom. The summed E-state index contributed by atoms with van der Waals surface area (Å²) in [5.74, 6) is 0. The standard InChI is InChI=1S/C7H15N2O2P/c1-6(2)9(7(3)4)12(10)11-5-8/h6-7,10H,1-4H3. The highest BCUT2D eigenvalue weighted by atomic mass is 31.2. The molecular formula is C7H15N2O2P. The van der Waals surface area contributed by atoms with Gasteiger partial charge in [0, 0.05) is 12.1 Å². The van der Waals surface area contributed by atoms with Crippen molar-refractivity contribution >= 4 is 8.53 Å². The van der Waals surface area contributed by atoms with Gasteiger partial charge in [-0.3, -0.25) is 0 Å². The summed E-state index contributed by atoms with van der Waals surface area (Å²) in [6, 6.07) is 0.351. The summed E-state index contributed by atoms with van der Waals surface area (Å²) in [5.41, 5.74) is 0. The van der Waals surface area contributed by atoms with Crippen LogP contribution in [-0.2, 0) is 4.52 Å². The van der Waals surface area contributed by atoms with Crippen molar-refractivity contribution in [3.8, 4) is 6.26 Å². The third-order valence-electron chi connectivity index (χ3n) is 1.38. The van der Waals surface area contributed by atoms with Gasteiger partial charge in [-0.15, -0.1) is 5.26 Å². The first-order valence-corrected chi connectivity index (χ1v) is 5.00. The van der Waals surface area contributed by atoms with E-state index in [4.69, 9.17) is 5.26 Å². The van der Waals surface area contributed by atoms with Gasteiger partial charge in [-0.25, -0.2) is 4.67 Å². The highest BCUT2D eigenvalue weighted by Crippen LogP contribution is 2.39. The lowest BCUT2D eigenvalue weighted by atomic mass is 10.3. The summed E-state index contributed by atoms with van der Waals surface area (Å²) < 4.78 is 6.24. The second-order valence-electron chi connectivity index (χ2n) is 3.00. The van der Waals surface area contributed by atoms with Gasteiger partial charge in [-0.2, -0.15) is 0 Å². The van der Waals surface area contributed by atoms with Crippen molar-refractivity contribution in [2.24, 2.45) is 0 Å². The summed E-state index contributed by atoms with van der Waals surface area (Å²) in [5, 5.41) is 8.21. The van der Waals surface area contributed by atoms with Crippen molar-refractivity contribution in [3.05, 3.63) is 0 Å². The number of hydrogen-bond acceptors (Lipinski definition) is 4.